The molecule has 0 saturated heterocycles. The van der Waals surface area contributed by atoms with Gasteiger partial charge in [0, 0.05) is 6.42 Å². The lowest BCUT2D eigenvalue weighted by Crippen LogP contribution is -2.10. The van der Waals surface area contributed by atoms with Crippen molar-refractivity contribution in [1.29, 1.82) is 0 Å². The molecule has 34 heavy (non-hydrogen) atoms. The summed E-state index contributed by atoms with van der Waals surface area (Å²) in [6.45, 7) is 1.40. The molecule has 0 aliphatic rings. The molecule has 4 aromatic rings. The predicted molar refractivity (Wildman–Crippen MR) is 133 cm³/mol. The van der Waals surface area contributed by atoms with Crippen molar-refractivity contribution in [2.45, 2.75) is 26.1 Å². The quantitative estimate of drug-likeness (QED) is 0.255. The fourth-order valence-corrected chi connectivity index (χ4v) is 3.44. The molecular weight excluding hydrogens is 424 g/mol. The van der Waals surface area contributed by atoms with E-state index in [1.807, 2.05) is 109 Å². The molecule has 0 aromatic heterocycles. The second-order valence-corrected chi connectivity index (χ2v) is 7.98. The average Bonchev–Trinajstić information content (AvgIpc) is 2.89. The van der Waals surface area contributed by atoms with Gasteiger partial charge in [-0.3, -0.25) is 4.79 Å². The largest absolute Gasteiger partial charge is 0.489 e. The molecule has 4 rings (SSSR count). The van der Waals surface area contributed by atoms with Crippen molar-refractivity contribution in [1.82, 2.24) is 0 Å². The van der Waals surface area contributed by atoms with E-state index in [1.165, 1.54) is 0 Å². The molecule has 0 radical (unpaired) electrons. The van der Waals surface area contributed by atoms with Crippen LogP contribution in [0.3, 0.4) is 0 Å². The van der Waals surface area contributed by atoms with Crippen molar-refractivity contribution < 1.29 is 19.0 Å². The predicted octanol–water partition coefficient (Wildman–Crippen LogP) is 6.17. The third kappa shape index (κ3) is 7.52. The molecular formula is C30H28O4. The number of carbonyl (C=O) groups is 1. The summed E-state index contributed by atoms with van der Waals surface area (Å²) in [6.07, 6.45) is 0.905. The van der Waals surface area contributed by atoms with E-state index in [9.17, 15) is 4.79 Å². The molecule has 0 bridgehead atoms. The second-order valence-electron chi connectivity index (χ2n) is 7.98. The standard InChI is InChI=1S/C30H28O4/c31-30(21-25-13-17-29(18-14-25)34-23-27-9-5-2-6-10-27)32-20-19-24-11-15-28(16-12-24)33-22-26-7-3-1-4-8-26/h1-18H,19-23H2. The van der Waals surface area contributed by atoms with Crippen LogP contribution in [-0.2, 0) is 35.6 Å². The summed E-state index contributed by atoms with van der Waals surface area (Å²) in [5.41, 5.74) is 4.24. The van der Waals surface area contributed by atoms with E-state index >= 15 is 0 Å². The topological polar surface area (TPSA) is 44.8 Å². The first-order chi connectivity index (χ1) is 16.7. The van der Waals surface area contributed by atoms with Crippen LogP contribution in [-0.4, -0.2) is 12.6 Å². The number of hydrogen-bond acceptors (Lipinski definition) is 4. The Morgan fingerprint density at radius 1 is 0.529 bits per heavy atom. The van der Waals surface area contributed by atoms with E-state index in [-0.39, 0.29) is 12.4 Å². The van der Waals surface area contributed by atoms with E-state index < -0.39 is 0 Å². The lowest BCUT2D eigenvalue weighted by atomic mass is 10.1. The normalized spacial score (nSPS) is 10.5. The van der Waals surface area contributed by atoms with E-state index in [0.717, 1.165) is 33.8 Å². The van der Waals surface area contributed by atoms with Crippen LogP contribution in [0.5, 0.6) is 11.5 Å². The fraction of sp³-hybridized carbons (Fsp3) is 0.167. The van der Waals surface area contributed by atoms with Gasteiger partial charge in [-0.15, -0.1) is 0 Å². The highest BCUT2D eigenvalue weighted by molar-refractivity contribution is 5.72. The van der Waals surface area contributed by atoms with Gasteiger partial charge in [-0.2, -0.15) is 0 Å². The molecule has 0 heterocycles. The van der Waals surface area contributed by atoms with Crippen LogP contribution in [0.1, 0.15) is 22.3 Å². The zero-order chi connectivity index (χ0) is 23.4. The SMILES string of the molecule is O=C(Cc1ccc(OCc2ccccc2)cc1)OCCc1ccc(OCc2ccccc2)cc1. The van der Waals surface area contributed by atoms with Crippen LogP contribution in [0.15, 0.2) is 109 Å². The first-order valence-corrected chi connectivity index (χ1v) is 11.4. The number of ether oxygens (including phenoxy) is 3. The third-order valence-corrected chi connectivity index (χ3v) is 5.35. The summed E-state index contributed by atoms with van der Waals surface area (Å²) in [5.74, 6) is 1.36. The molecule has 0 amide bonds. The monoisotopic (exact) mass is 452 g/mol. The smallest absolute Gasteiger partial charge is 0.310 e. The lowest BCUT2D eigenvalue weighted by Gasteiger charge is -2.09. The van der Waals surface area contributed by atoms with E-state index in [4.69, 9.17) is 14.2 Å². The second kappa shape index (κ2) is 12.3. The van der Waals surface area contributed by atoms with Gasteiger partial charge >= 0.3 is 5.97 Å². The molecule has 0 saturated carbocycles. The van der Waals surface area contributed by atoms with Gasteiger partial charge < -0.3 is 14.2 Å². The Labute approximate surface area is 200 Å². The highest BCUT2D eigenvalue weighted by Gasteiger charge is 2.06. The van der Waals surface area contributed by atoms with Gasteiger partial charge in [-0.25, -0.2) is 0 Å². The van der Waals surface area contributed by atoms with E-state index in [2.05, 4.69) is 0 Å². The van der Waals surface area contributed by atoms with Crippen molar-refractivity contribution in [2.24, 2.45) is 0 Å². The summed E-state index contributed by atoms with van der Waals surface area (Å²) in [4.78, 5) is 12.2. The molecule has 0 unspecified atom stereocenters. The van der Waals surface area contributed by atoms with Crippen molar-refractivity contribution in [3.63, 3.8) is 0 Å². The molecule has 0 N–H and O–H groups in total. The van der Waals surface area contributed by atoms with Gasteiger partial charge in [0.1, 0.15) is 24.7 Å². The van der Waals surface area contributed by atoms with Crippen LogP contribution < -0.4 is 9.47 Å². The van der Waals surface area contributed by atoms with Crippen LogP contribution in [0.4, 0.5) is 0 Å². The van der Waals surface area contributed by atoms with Gasteiger partial charge in [-0.05, 0) is 46.5 Å². The molecule has 0 aliphatic carbocycles. The number of rotatable bonds is 11. The van der Waals surface area contributed by atoms with Crippen molar-refractivity contribution in [3.05, 3.63) is 131 Å². The highest BCUT2D eigenvalue weighted by atomic mass is 16.5. The zero-order valence-corrected chi connectivity index (χ0v) is 19.1. The van der Waals surface area contributed by atoms with Crippen LogP contribution in [0.25, 0.3) is 0 Å². The van der Waals surface area contributed by atoms with Crippen molar-refractivity contribution >= 4 is 5.97 Å². The summed E-state index contributed by atoms with van der Waals surface area (Å²) in [6, 6.07) is 35.5. The fourth-order valence-electron chi connectivity index (χ4n) is 3.44. The molecule has 4 aromatic carbocycles. The Kier molecular flexibility index (Phi) is 8.34. The van der Waals surface area contributed by atoms with Gasteiger partial charge in [-0.1, -0.05) is 84.9 Å². The summed E-state index contributed by atoms with van der Waals surface area (Å²) in [7, 11) is 0. The third-order valence-electron chi connectivity index (χ3n) is 5.35. The molecule has 4 heteroatoms. The maximum absolute atomic E-state index is 12.2. The molecule has 4 nitrogen and oxygen atoms in total. The maximum atomic E-state index is 12.2. The minimum atomic E-state index is -0.235. The Morgan fingerprint density at radius 3 is 1.50 bits per heavy atom. The van der Waals surface area contributed by atoms with Crippen LogP contribution in [0, 0.1) is 0 Å². The summed E-state index contributed by atoms with van der Waals surface area (Å²) < 4.78 is 17.0. The Morgan fingerprint density at radius 2 is 1.00 bits per heavy atom. The first kappa shape index (κ1) is 23.1. The van der Waals surface area contributed by atoms with E-state index in [0.29, 0.717) is 26.2 Å². The highest BCUT2D eigenvalue weighted by Crippen LogP contribution is 2.16. The Bertz CT molecular complexity index is 1140. The molecule has 0 fully saturated rings. The van der Waals surface area contributed by atoms with Gasteiger partial charge in [0.15, 0.2) is 0 Å². The van der Waals surface area contributed by atoms with Gasteiger partial charge in [0.2, 0.25) is 0 Å². The lowest BCUT2D eigenvalue weighted by molar-refractivity contribution is -0.142. The number of hydrogen-bond donors (Lipinski definition) is 0. The molecule has 0 aliphatic heterocycles. The average molecular weight is 453 g/mol. The number of carbonyl (C=O) groups excluding carboxylic acids is 1. The van der Waals surface area contributed by atoms with Crippen molar-refractivity contribution in [3.8, 4) is 11.5 Å². The summed E-state index contributed by atoms with van der Waals surface area (Å²) in [5, 5.41) is 0. The maximum Gasteiger partial charge on any atom is 0.310 e. The Hall–Kier alpha value is -4.05. The minimum absolute atomic E-state index is 0.235. The van der Waals surface area contributed by atoms with E-state index in [1.54, 1.807) is 0 Å². The number of benzene rings is 4. The molecule has 172 valence electrons. The van der Waals surface area contributed by atoms with Crippen molar-refractivity contribution in [2.75, 3.05) is 6.61 Å². The first-order valence-electron chi connectivity index (χ1n) is 11.4. The minimum Gasteiger partial charge on any atom is -0.489 e. The van der Waals surface area contributed by atoms with Gasteiger partial charge in [0.05, 0.1) is 13.0 Å². The van der Waals surface area contributed by atoms with Crippen LogP contribution >= 0.6 is 0 Å². The summed E-state index contributed by atoms with van der Waals surface area (Å²) >= 11 is 0. The Balaban J connectivity index is 1.15. The number of esters is 1. The van der Waals surface area contributed by atoms with Crippen LogP contribution in [0.2, 0.25) is 0 Å². The molecule has 0 atom stereocenters. The van der Waals surface area contributed by atoms with Gasteiger partial charge in [0.25, 0.3) is 0 Å². The zero-order valence-electron chi connectivity index (χ0n) is 19.1. The molecule has 0 spiro atoms.